The molecule has 0 saturated heterocycles. The predicted octanol–water partition coefficient (Wildman–Crippen LogP) is 2.32. The van der Waals surface area contributed by atoms with Crippen molar-refractivity contribution in [2.24, 2.45) is 0 Å². The summed E-state index contributed by atoms with van der Waals surface area (Å²) in [6, 6.07) is 4.48. The topological polar surface area (TPSA) is 52.5 Å². The fourth-order valence-corrected chi connectivity index (χ4v) is 2.52. The summed E-state index contributed by atoms with van der Waals surface area (Å²) in [5, 5.41) is 22.9. The van der Waals surface area contributed by atoms with Crippen LogP contribution in [0.1, 0.15) is 37.7 Å². The minimum absolute atomic E-state index is 0.305. The van der Waals surface area contributed by atoms with Crippen molar-refractivity contribution in [3.63, 3.8) is 0 Å². The van der Waals surface area contributed by atoms with Crippen LogP contribution in [0, 0.1) is 5.82 Å². The van der Waals surface area contributed by atoms with Gasteiger partial charge in [0.2, 0.25) is 0 Å². The van der Waals surface area contributed by atoms with Crippen LogP contribution in [0.2, 0.25) is 0 Å². The minimum Gasteiger partial charge on any atom is -0.505 e. The van der Waals surface area contributed by atoms with Gasteiger partial charge in [0.25, 0.3) is 0 Å². The Balaban J connectivity index is 1.86. The van der Waals surface area contributed by atoms with Gasteiger partial charge in [-0.1, -0.05) is 31.4 Å². The van der Waals surface area contributed by atoms with E-state index in [0.29, 0.717) is 18.7 Å². The summed E-state index contributed by atoms with van der Waals surface area (Å²) in [4.78, 5) is 0. The highest BCUT2D eigenvalue weighted by molar-refractivity contribution is 5.33. The van der Waals surface area contributed by atoms with E-state index in [0.717, 1.165) is 25.7 Å². The fraction of sp³-hybridized carbons (Fsp3) is 0.571. The number of aliphatic hydroxyl groups is 1. The molecule has 0 bridgehead atoms. The van der Waals surface area contributed by atoms with Gasteiger partial charge in [0.05, 0.1) is 5.60 Å². The van der Waals surface area contributed by atoms with Gasteiger partial charge in [-0.3, -0.25) is 0 Å². The number of hydrogen-bond donors (Lipinski definition) is 3. The second-order valence-electron chi connectivity index (χ2n) is 5.14. The molecule has 18 heavy (non-hydrogen) atoms. The zero-order valence-corrected chi connectivity index (χ0v) is 10.5. The molecule has 0 unspecified atom stereocenters. The van der Waals surface area contributed by atoms with Gasteiger partial charge in [0.1, 0.15) is 0 Å². The molecule has 1 aromatic carbocycles. The average Bonchev–Trinajstić information content (AvgIpc) is 2.35. The van der Waals surface area contributed by atoms with Crippen LogP contribution in [0.3, 0.4) is 0 Å². The summed E-state index contributed by atoms with van der Waals surface area (Å²) in [6.45, 7) is 0.856. The zero-order valence-electron chi connectivity index (χ0n) is 10.5. The quantitative estimate of drug-likeness (QED) is 0.772. The number of nitrogens with one attached hydrogen (secondary N) is 1. The number of halogens is 1. The van der Waals surface area contributed by atoms with E-state index in [1.54, 1.807) is 12.1 Å². The molecule has 1 aliphatic carbocycles. The molecule has 0 radical (unpaired) electrons. The van der Waals surface area contributed by atoms with E-state index in [1.165, 1.54) is 12.5 Å². The Bertz CT molecular complexity index is 403. The Hall–Kier alpha value is -1.13. The number of phenolic OH excluding ortho intramolecular Hbond substituents is 1. The number of para-hydroxylation sites is 1. The highest BCUT2D eigenvalue weighted by atomic mass is 19.1. The standard InChI is InChI=1S/C14H20FNO2/c15-12-6-4-5-11(13(12)17)9-16-10-14(18)7-2-1-3-8-14/h4-6,16-18H,1-3,7-10H2. The van der Waals surface area contributed by atoms with Crippen LogP contribution < -0.4 is 5.32 Å². The normalized spacial score (nSPS) is 18.8. The van der Waals surface area contributed by atoms with E-state index in [9.17, 15) is 14.6 Å². The van der Waals surface area contributed by atoms with Crippen LogP contribution in [0.4, 0.5) is 4.39 Å². The zero-order chi connectivity index (χ0) is 13.0. The summed E-state index contributed by atoms with van der Waals surface area (Å²) < 4.78 is 13.1. The van der Waals surface area contributed by atoms with Crippen molar-refractivity contribution in [3.05, 3.63) is 29.6 Å². The van der Waals surface area contributed by atoms with E-state index >= 15 is 0 Å². The van der Waals surface area contributed by atoms with Gasteiger partial charge in [-0.25, -0.2) is 4.39 Å². The molecule has 2 rings (SSSR count). The van der Waals surface area contributed by atoms with E-state index < -0.39 is 11.4 Å². The molecule has 0 aromatic heterocycles. The summed E-state index contributed by atoms with van der Waals surface area (Å²) in [5.74, 6) is -0.911. The van der Waals surface area contributed by atoms with Crippen molar-refractivity contribution in [2.75, 3.05) is 6.54 Å². The third kappa shape index (κ3) is 3.21. The summed E-state index contributed by atoms with van der Waals surface area (Å²) in [5.41, 5.74) is -0.115. The van der Waals surface area contributed by atoms with E-state index in [4.69, 9.17) is 0 Å². The predicted molar refractivity (Wildman–Crippen MR) is 67.8 cm³/mol. The molecule has 3 N–H and O–H groups in total. The van der Waals surface area contributed by atoms with Gasteiger partial charge in [-0.15, -0.1) is 0 Å². The first-order valence-corrected chi connectivity index (χ1v) is 6.50. The maximum atomic E-state index is 13.1. The lowest BCUT2D eigenvalue weighted by molar-refractivity contribution is 0.00463. The van der Waals surface area contributed by atoms with Crippen molar-refractivity contribution in [2.45, 2.75) is 44.2 Å². The monoisotopic (exact) mass is 253 g/mol. The second kappa shape index (κ2) is 5.67. The molecule has 1 fully saturated rings. The Morgan fingerprint density at radius 3 is 2.67 bits per heavy atom. The smallest absolute Gasteiger partial charge is 0.165 e. The van der Waals surface area contributed by atoms with E-state index in [1.807, 2.05) is 0 Å². The minimum atomic E-state index is -0.638. The summed E-state index contributed by atoms with van der Waals surface area (Å²) in [7, 11) is 0. The molecule has 0 aliphatic heterocycles. The third-order valence-electron chi connectivity index (χ3n) is 3.62. The largest absolute Gasteiger partial charge is 0.505 e. The van der Waals surface area contributed by atoms with Gasteiger partial charge in [0, 0.05) is 18.7 Å². The van der Waals surface area contributed by atoms with Gasteiger partial charge in [-0.05, 0) is 18.9 Å². The van der Waals surface area contributed by atoms with Crippen molar-refractivity contribution in [3.8, 4) is 5.75 Å². The number of rotatable bonds is 4. The van der Waals surface area contributed by atoms with Gasteiger partial charge in [0.15, 0.2) is 11.6 Å². The first-order valence-electron chi connectivity index (χ1n) is 6.50. The first-order chi connectivity index (χ1) is 8.61. The molecule has 100 valence electrons. The van der Waals surface area contributed by atoms with Crippen LogP contribution in [0.15, 0.2) is 18.2 Å². The lowest BCUT2D eigenvalue weighted by Crippen LogP contribution is -2.41. The molecule has 1 saturated carbocycles. The highest BCUT2D eigenvalue weighted by Gasteiger charge is 2.28. The van der Waals surface area contributed by atoms with Crippen molar-refractivity contribution in [1.82, 2.24) is 5.32 Å². The van der Waals surface area contributed by atoms with Crippen molar-refractivity contribution >= 4 is 0 Å². The molecule has 0 spiro atoms. The third-order valence-corrected chi connectivity index (χ3v) is 3.62. The van der Waals surface area contributed by atoms with E-state index in [-0.39, 0.29) is 5.75 Å². The number of phenols is 1. The lowest BCUT2D eigenvalue weighted by Gasteiger charge is -2.32. The number of aromatic hydroxyl groups is 1. The van der Waals surface area contributed by atoms with E-state index in [2.05, 4.69) is 5.32 Å². The molecule has 0 amide bonds. The molecule has 3 nitrogen and oxygen atoms in total. The molecular formula is C14H20FNO2. The maximum Gasteiger partial charge on any atom is 0.165 e. The molecule has 1 aromatic rings. The lowest BCUT2D eigenvalue weighted by atomic mass is 9.85. The van der Waals surface area contributed by atoms with Crippen molar-refractivity contribution < 1.29 is 14.6 Å². The molecule has 1 aliphatic rings. The fourth-order valence-electron chi connectivity index (χ4n) is 2.52. The number of hydrogen-bond acceptors (Lipinski definition) is 3. The Morgan fingerprint density at radius 1 is 1.22 bits per heavy atom. The SMILES string of the molecule is Oc1c(F)cccc1CNCC1(O)CCCCC1. The Morgan fingerprint density at radius 2 is 1.94 bits per heavy atom. The van der Waals surface area contributed by atoms with Crippen LogP contribution in [0.25, 0.3) is 0 Å². The average molecular weight is 253 g/mol. The van der Waals surface area contributed by atoms with Crippen molar-refractivity contribution in [1.29, 1.82) is 0 Å². The molecule has 4 heteroatoms. The Kier molecular flexibility index (Phi) is 4.19. The van der Waals surface area contributed by atoms with Gasteiger partial charge < -0.3 is 15.5 Å². The summed E-state index contributed by atoms with van der Waals surface area (Å²) in [6.07, 6.45) is 4.93. The molecule has 0 heterocycles. The van der Waals surface area contributed by atoms with Crippen LogP contribution >= 0.6 is 0 Å². The van der Waals surface area contributed by atoms with Gasteiger partial charge >= 0.3 is 0 Å². The Labute approximate surface area is 107 Å². The van der Waals surface area contributed by atoms with Crippen LogP contribution in [-0.2, 0) is 6.54 Å². The number of benzene rings is 1. The van der Waals surface area contributed by atoms with Crippen LogP contribution in [0.5, 0.6) is 5.75 Å². The first kappa shape index (κ1) is 13.3. The van der Waals surface area contributed by atoms with Gasteiger partial charge in [-0.2, -0.15) is 0 Å². The molecule has 0 atom stereocenters. The molecular weight excluding hydrogens is 233 g/mol. The second-order valence-corrected chi connectivity index (χ2v) is 5.14. The highest BCUT2D eigenvalue weighted by Crippen LogP contribution is 2.27. The summed E-state index contributed by atoms with van der Waals surface area (Å²) >= 11 is 0. The van der Waals surface area contributed by atoms with Crippen LogP contribution in [-0.4, -0.2) is 22.4 Å². The maximum absolute atomic E-state index is 13.1.